The summed E-state index contributed by atoms with van der Waals surface area (Å²) in [6.45, 7) is 8.29. The van der Waals surface area contributed by atoms with Crippen molar-refractivity contribution in [1.82, 2.24) is 15.1 Å². The molecule has 134 valence electrons. The number of carbonyl (C=O) groups is 1. The Labute approximate surface area is 144 Å². The highest BCUT2D eigenvalue weighted by atomic mass is 16.5. The molecule has 0 saturated carbocycles. The van der Waals surface area contributed by atoms with Crippen molar-refractivity contribution in [2.45, 2.75) is 19.9 Å². The third-order valence-electron chi connectivity index (χ3n) is 4.46. The predicted octanol–water partition coefficient (Wildman–Crippen LogP) is 1.35. The van der Waals surface area contributed by atoms with E-state index in [0.717, 1.165) is 49.8 Å². The van der Waals surface area contributed by atoms with Crippen molar-refractivity contribution >= 4 is 5.91 Å². The minimum atomic E-state index is 0.241. The second-order valence-corrected chi connectivity index (χ2v) is 5.93. The molecule has 1 fully saturated rings. The van der Waals surface area contributed by atoms with Crippen molar-refractivity contribution in [2.24, 2.45) is 0 Å². The average Bonchev–Trinajstić information content (AvgIpc) is 2.64. The third kappa shape index (κ3) is 5.11. The van der Waals surface area contributed by atoms with E-state index in [-0.39, 0.29) is 5.91 Å². The second-order valence-electron chi connectivity index (χ2n) is 5.93. The van der Waals surface area contributed by atoms with Crippen LogP contribution in [0.3, 0.4) is 0 Å². The number of piperazine rings is 1. The molecule has 1 aliphatic rings. The molecule has 0 aromatic heterocycles. The number of methoxy groups -OCH3 is 2. The minimum absolute atomic E-state index is 0.241. The van der Waals surface area contributed by atoms with Gasteiger partial charge in [0.15, 0.2) is 11.5 Å². The van der Waals surface area contributed by atoms with Gasteiger partial charge in [-0.15, -0.1) is 0 Å². The number of nitrogens with one attached hydrogen (secondary N) is 1. The summed E-state index contributed by atoms with van der Waals surface area (Å²) < 4.78 is 10.5. The Kier molecular flexibility index (Phi) is 7.34. The van der Waals surface area contributed by atoms with E-state index in [9.17, 15) is 4.79 Å². The molecule has 0 aliphatic carbocycles. The van der Waals surface area contributed by atoms with Crippen molar-refractivity contribution in [1.29, 1.82) is 0 Å². The van der Waals surface area contributed by atoms with Crippen LogP contribution < -0.4 is 14.8 Å². The Morgan fingerprint density at radius 2 is 1.83 bits per heavy atom. The smallest absolute Gasteiger partial charge is 0.223 e. The fraction of sp³-hybridized carbons (Fsp3) is 0.611. The van der Waals surface area contributed by atoms with Gasteiger partial charge in [0.2, 0.25) is 5.91 Å². The fourth-order valence-corrected chi connectivity index (χ4v) is 2.89. The van der Waals surface area contributed by atoms with Gasteiger partial charge < -0.3 is 24.6 Å². The number of ether oxygens (including phenoxy) is 2. The summed E-state index contributed by atoms with van der Waals surface area (Å²) >= 11 is 0. The van der Waals surface area contributed by atoms with Crippen molar-refractivity contribution < 1.29 is 14.3 Å². The minimum Gasteiger partial charge on any atom is -0.493 e. The molecule has 1 aromatic carbocycles. The van der Waals surface area contributed by atoms with Gasteiger partial charge in [-0.1, -0.05) is 13.0 Å². The molecule has 2 rings (SSSR count). The molecule has 0 atom stereocenters. The van der Waals surface area contributed by atoms with E-state index in [1.807, 2.05) is 23.1 Å². The third-order valence-corrected chi connectivity index (χ3v) is 4.46. The van der Waals surface area contributed by atoms with Crippen LogP contribution in [0.5, 0.6) is 11.5 Å². The van der Waals surface area contributed by atoms with Gasteiger partial charge in [0.05, 0.1) is 14.2 Å². The molecule has 6 nitrogen and oxygen atoms in total. The lowest BCUT2D eigenvalue weighted by Crippen LogP contribution is -2.48. The van der Waals surface area contributed by atoms with Crippen LogP contribution in [-0.2, 0) is 11.3 Å². The molecule has 0 radical (unpaired) electrons. The Morgan fingerprint density at radius 3 is 2.46 bits per heavy atom. The molecular weight excluding hydrogens is 306 g/mol. The molecule has 1 amide bonds. The van der Waals surface area contributed by atoms with Gasteiger partial charge in [0, 0.05) is 45.7 Å². The molecule has 1 aliphatic heterocycles. The monoisotopic (exact) mass is 335 g/mol. The highest BCUT2D eigenvalue weighted by Crippen LogP contribution is 2.27. The van der Waals surface area contributed by atoms with Gasteiger partial charge in [-0.2, -0.15) is 0 Å². The van der Waals surface area contributed by atoms with Crippen LogP contribution in [0.2, 0.25) is 0 Å². The van der Waals surface area contributed by atoms with Gasteiger partial charge in [0.1, 0.15) is 0 Å². The zero-order valence-corrected chi connectivity index (χ0v) is 15.0. The van der Waals surface area contributed by atoms with Crippen molar-refractivity contribution in [2.75, 3.05) is 53.5 Å². The van der Waals surface area contributed by atoms with Crippen molar-refractivity contribution in [3.8, 4) is 11.5 Å². The van der Waals surface area contributed by atoms with E-state index in [0.29, 0.717) is 19.5 Å². The molecule has 6 heteroatoms. The maximum atomic E-state index is 12.2. The van der Waals surface area contributed by atoms with Crippen LogP contribution in [-0.4, -0.2) is 69.2 Å². The molecule has 1 aromatic rings. The summed E-state index contributed by atoms with van der Waals surface area (Å²) in [5.74, 6) is 1.69. The first-order valence-corrected chi connectivity index (χ1v) is 8.59. The Bertz CT molecular complexity index is 528. The SMILES string of the molecule is CCN1CCN(C(=O)CCNCc2ccc(OC)c(OC)c2)CC1. The number of likely N-dealkylation sites (N-methyl/N-ethyl adjacent to an activating group) is 1. The first-order valence-electron chi connectivity index (χ1n) is 8.59. The maximum absolute atomic E-state index is 12.2. The summed E-state index contributed by atoms with van der Waals surface area (Å²) in [6, 6.07) is 5.85. The summed E-state index contributed by atoms with van der Waals surface area (Å²) in [5.41, 5.74) is 1.11. The van der Waals surface area contributed by atoms with Crippen LogP contribution in [0, 0.1) is 0 Å². The molecule has 1 heterocycles. The first-order chi connectivity index (χ1) is 11.7. The lowest BCUT2D eigenvalue weighted by atomic mass is 10.2. The zero-order valence-electron chi connectivity index (χ0n) is 15.0. The lowest BCUT2D eigenvalue weighted by molar-refractivity contribution is -0.132. The summed E-state index contributed by atoms with van der Waals surface area (Å²) in [6.07, 6.45) is 0.541. The molecule has 1 N–H and O–H groups in total. The highest BCUT2D eigenvalue weighted by Gasteiger charge is 2.19. The molecular formula is C18H29N3O3. The normalized spacial score (nSPS) is 15.4. The van der Waals surface area contributed by atoms with Gasteiger partial charge >= 0.3 is 0 Å². The summed E-state index contributed by atoms with van der Waals surface area (Å²) in [5, 5.41) is 3.33. The Hall–Kier alpha value is -1.79. The highest BCUT2D eigenvalue weighted by molar-refractivity contribution is 5.76. The quantitative estimate of drug-likeness (QED) is 0.727. The number of carbonyl (C=O) groups excluding carboxylic acids is 1. The Balaban J connectivity index is 1.70. The standard InChI is InChI=1S/C18H29N3O3/c1-4-20-9-11-21(12-10-20)18(22)7-8-19-14-15-5-6-16(23-2)17(13-15)24-3/h5-6,13,19H,4,7-12,14H2,1-3H3. The van der Waals surface area contributed by atoms with E-state index in [1.54, 1.807) is 14.2 Å². The van der Waals surface area contributed by atoms with Crippen molar-refractivity contribution in [3.63, 3.8) is 0 Å². The fourth-order valence-electron chi connectivity index (χ4n) is 2.89. The van der Waals surface area contributed by atoms with E-state index in [1.165, 1.54) is 0 Å². The number of hydrogen-bond acceptors (Lipinski definition) is 5. The van der Waals surface area contributed by atoms with E-state index < -0.39 is 0 Å². The largest absolute Gasteiger partial charge is 0.493 e. The van der Waals surface area contributed by atoms with Crippen LogP contribution in [0.15, 0.2) is 18.2 Å². The van der Waals surface area contributed by atoms with Crippen LogP contribution in [0.1, 0.15) is 18.9 Å². The second kappa shape index (κ2) is 9.49. The molecule has 24 heavy (non-hydrogen) atoms. The predicted molar refractivity (Wildman–Crippen MR) is 94.6 cm³/mol. The Morgan fingerprint density at radius 1 is 1.12 bits per heavy atom. The van der Waals surface area contributed by atoms with Crippen LogP contribution in [0.25, 0.3) is 0 Å². The van der Waals surface area contributed by atoms with E-state index >= 15 is 0 Å². The molecule has 0 bridgehead atoms. The van der Waals surface area contributed by atoms with Gasteiger partial charge in [-0.25, -0.2) is 0 Å². The number of amides is 1. The number of rotatable bonds is 8. The summed E-state index contributed by atoms with van der Waals surface area (Å²) in [7, 11) is 3.26. The summed E-state index contributed by atoms with van der Waals surface area (Å²) in [4.78, 5) is 16.6. The molecule has 0 spiro atoms. The van der Waals surface area contributed by atoms with E-state index in [4.69, 9.17) is 9.47 Å². The van der Waals surface area contributed by atoms with Crippen molar-refractivity contribution in [3.05, 3.63) is 23.8 Å². The average molecular weight is 335 g/mol. The number of hydrogen-bond donors (Lipinski definition) is 1. The lowest BCUT2D eigenvalue weighted by Gasteiger charge is -2.34. The number of nitrogens with zero attached hydrogens (tertiary/aromatic N) is 2. The van der Waals surface area contributed by atoms with Gasteiger partial charge in [-0.3, -0.25) is 4.79 Å². The molecule has 1 saturated heterocycles. The maximum Gasteiger partial charge on any atom is 0.223 e. The van der Waals surface area contributed by atoms with Gasteiger partial charge in [0.25, 0.3) is 0 Å². The zero-order chi connectivity index (χ0) is 17.4. The first kappa shape index (κ1) is 18.5. The van der Waals surface area contributed by atoms with E-state index in [2.05, 4.69) is 17.1 Å². The van der Waals surface area contributed by atoms with Crippen LogP contribution >= 0.6 is 0 Å². The van der Waals surface area contributed by atoms with Crippen LogP contribution in [0.4, 0.5) is 0 Å². The van der Waals surface area contributed by atoms with Gasteiger partial charge in [-0.05, 0) is 24.2 Å². The molecule has 0 unspecified atom stereocenters. The number of benzene rings is 1. The topological polar surface area (TPSA) is 54.0 Å².